The molecular weight excluding hydrogens is 465 g/mol. The number of oxazole rings is 1. The van der Waals surface area contributed by atoms with Crippen molar-refractivity contribution in [2.75, 3.05) is 18.4 Å². The number of nitrogens with one attached hydrogen (secondary N) is 1. The van der Waals surface area contributed by atoms with Crippen LogP contribution < -0.4 is 11.1 Å². The molecule has 0 radical (unpaired) electrons. The van der Waals surface area contributed by atoms with Crippen molar-refractivity contribution in [1.29, 1.82) is 0 Å². The van der Waals surface area contributed by atoms with Gasteiger partial charge >= 0.3 is 5.76 Å². The highest BCUT2D eigenvalue weighted by atomic mass is 35.5. The molecule has 0 saturated carbocycles. The molecule has 164 valence electrons. The lowest BCUT2D eigenvalue weighted by Crippen LogP contribution is -2.27. The highest BCUT2D eigenvalue weighted by molar-refractivity contribution is 7.89. The molecule has 0 atom stereocenters. The molecule has 1 N–H and O–H groups in total. The van der Waals surface area contributed by atoms with Gasteiger partial charge in [-0.05, 0) is 37.1 Å². The topological polar surface area (TPSA) is 102 Å². The number of aromatic nitrogens is 1. The van der Waals surface area contributed by atoms with Gasteiger partial charge in [0.2, 0.25) is 15.9 Å². The van der Waals surface area contributed by atoms with Crippen LogP contribution in [0.25, 0.3) is 11.1 Å². The van der Waals surface area contributed by atoms with E-state index < -0.39 is 15.8 Å². The van der Waals surface area contributed by atoms with Gasteiger partial charge in [0.15, 0.2) is 5.58 Å². The minimum absolute atomic E-state index is 0.0226. The second-order valence-electron chi connectivity index (χ2n) is 7.16. The van der Waals surface area contributed by atoms with Gasteiger partial charge in [-0.3, -0.25) is 9.36 Å². The third-order valence-electron chi connectivity index (χ3n) is 5.13. The summed E-state index contributed by atoms with van der Waals surface area (Å²) in [5.74, 6) is -1.03. The molecule has 8 nitrogen and oxygen atoms in total. The van der Waals surface area contributed by atoms with Gasteiger partial charge in [0.1, 0.15) is 0 Å². The highest BCUT2D eigenvalue weighted by Crippen LogP contribution is 2.29. The predicted octanol–water partition coefficient (Wildman–Crippen LogP) is 3.71. The third-order valence-corrected chi connectivity index (χ3v) is 7.84. The van der Waals surface area contributed by atoms with Crippen molar-refractivity contribution < 1.29 is 17.6 Å². The Morgan fingerprint density at radius 1 is 1.13 bits per heavy atom. The molecule has 4 rings (SSSR count). The van der Waals surface area contributed by atoms with Gasteiger partial charge in [0, 0.05) is 32.1 Å². The van der Waals surface area contributed by atoms with Crippen molar-refractivity contribution in [2.45, 2.75) is 30.7 Å². The molecule has 1 aliphatic rings. The molecule has 1 amide bonds. The molecule has 3 aromatic rings. The van der Waals surface area contributed by atoms with E-state index in [2.05, 4.69) is 5.32 Å². The molecule has 31 heavy (non-hydrogen) atoms. The van der Waals surface area contributed by atoms with E-state index >= 15 is 0 Å². The van der Waals surface area contributed by atoms with Gasteiger partial charge in [-0.15, -0.1) is 0 Å². The lowest BCUT2D eigenvalue weighted by molar-refractivity contribution is -0.116. The van der Waals surface area contributed by atoms with Crippen molar-refractivity contribution >= 4 is 55.9 Å². The van der Waals surface area contributed by atoms with Gasteiger partial charge in [-0.25, -0.2) is 13.2 Å². The second-order valence-corrected chi connectivity index (χ2v) is 9.88. The van der Waals surface area contributed by atoms with Gasteiger partial charge < -0.3 is 9.73 Å². The minimum atomic E-state index is -3.63. The summed E-state index contributed by atoms with van der Waals surface area (Å²) in [5.41, 5.74) is 0.947. The molecule has 1 saturated heterocycles. The van der Waals surface area contributed by atoms with E-state index in [1.165, 1.54) is 27.1 Å². The van der Waals surface area contributed by atoms with Crippen LogP contribution in [-0.4, -0.2) is 36.3 Å². The predicted molar refractivity (Wildman–Crippen MR) is 118 cm³/mol. The number of carbonyl (C=O) groups is 1. The van der Waals surface area contributed by atoms with E-state index in [1.807, 2.05) is 0 Å². The lowest BCUT2D eigenvalue weighted by Gasteiger charge is -2.15. The molecule has 1 aliphatic heterocycles. The summed E-state index contributed by atoms with van der Waals surface area (Å²) in [6, 6.07) is 9.21. The zero-order valence-corrected chi connectivity index (χ0v) is 18.6. The number of aryl methyl sites for hydroxylation is 1. The van der Waals surface area contributed by atoms with Crippen LogP contribution in [0.2, 0.25) is 10.0 Å². The monoisotopic (exact) mass is 483 g/mol. The van der Waals surface area contributed by atoms with Crippen molar-refractivity contribution in [3.05, 3.63) is 57.0 Å². The number of amides is 1. The zero-order valence-electron chi connectivity index (χ0n) is 16.3. The largest absolute Gasteiger partial charge is 0.419 e. The first-order chi connectivity index (χ1) is 14.8. The SMILES string of the molecule is O=C(CCn1c(=O)oc2cc(S(=O)(=O)N3CCCC3)ccc21)Nc1cccc(Cl)c1Cl. The average Bonchev–Trinajstić information content (AvgIpc) is 3.37. The summed E-state index contributed by atoms with van der Waals surface area (Å²) in [6.45, 7) is 1.02. The number of hydrogen-bond acceptors (Lipinski definition) is 5. The van der Waals surface area contributed by atoms with E-state index in [0.29, 0.717) is 29.3 Å². The summed E-state index contributed by atoms with van der Waals surface area (Å²) >= 11 is 12.0. The van der Waals surface area contributed by atoms with Crippen molar-refractivity contribution in [3.8, 4) is 0 Å². The highest BCUT2D eigenvalue weighted by Gasteiger charge is 2.28. The van der Waals surface area contributed by atoms with Crippen LogP contribution in [0, 0.1) is 0 Å². The molecule has 2 heterocycles. The Kier molecular flexibility index (Phi) is 6.11. The molecule has 2 aromatic carbocycles. The summed E-state index contributed by atoms with van der Waals surface area (Å²) < 4.78 is 33.4. The van der Waals surface area contributed by atoms with Gasteiger partial charge in [0.05, 0.1) is 26.1 Å². The summed E-state index contributed by atoms with van der Waals surface area (Å²) in [6.07, 6.45) is 1.63. The third kappa shape index (κ3) is 4.36. The molecule has 11 heteroatoms. The van der Waals surface area contributed by atoms with Crippen LogP contribution in [0.15, 0.2) is 50.5 Å². The van der Waals surface area contributed by atoms with E-state index in [0.717, 1.165) is 12.8 Å². The molecule has 1 fully saturated rings. The smallest absolute Gasteiger partial charge is 0.408 e. The number of nitrogens with zero attached hydrogens (tertiary/aromatic N) is 2. The number of anilines is 1. The number of halogens is 2. The molecule has 0 bridgehead atoms. The summed E-state index contributed by atoms with van der Waals surface area (Å²) in [7, 11) is -3.63. The van der Waals surface area contributed by atoms with Crippen LogP contribution in [0.1, 0.15) is 19.3 Å². The van der Waals surface area contributed by atoms with Crippen molar-refractivity contribution in [1.82, 2.24) is 8.87 Å². The number of carbonyl (C=O) groups excluding carboxylic acids is 1. The van der Waals surface area contributed by atoms with E-state index in [9.17, 15) is 18.0 Å². The number of fused-ring (bicyclic) bond motifs is 1. The first-order valence-electron chi connectivity index (χ1n) is 9.65. The molecular formula is C20H19Cl2N3O5S. The van der Waals surface area contributed by atoms with Gasteiger partial charge in [-0.1, -0.05) is 29.3 Å². The Balaban J connectivity index is 1.52. The maximum atomic E-state index is 12.7. The molecule has 0 unspecified atom stereocenters. The normalized spacial score (nSPS) is 14.9. The van der Waals surface area contributed by atoms with Crippen LogP contribution in [0.4, 0.5) is 5.69 Å². The maximum Gasteiger partial charge on any atom is 0.419 e. The molecule has 0 spiro atoms. The van der Waals surface area contributed by atoms with Crippen LogP contribution in [0.3, 0.4) is 0 Å². The van der Waals surface area contributed by atoms with Crippen LogP contribution in [-0.2, 0) is 21.4 Å². The number of hydrogen-bond donors (Lipinski definition) is 1. The second kappa shape index (κ2) is 8.66. The van der Waals surface area contributed by atoms with Crippen molar-refractivity contribution in [2.24, 2.45) is 0 Å². The number of sulfonamides is 1. The summed E-state index contributed by atoms with van der Waals surface area (Å²) in [4.78, 5) is 24.7. The van der Waals surface area contributed by atoms with E-state index in [1.54, 1.807) is 18.2 Å². The quantitative estimate of drug-likeness (QED) is 0.575. The Labute approximate surface area is 188 Å². The zero-order chi connectivity index (χ0) is 22.2. The van der Waals surface area contributed by atoms with Gasteiger partial charge in [0.25, 0.3) is 0 Å². The van der Waals surface area contributed by atoms with Crippen LogP contribution in [0.5, 0.6) is 0 Å². The fraction of sp³-hybridized carbons (Fsp3) is 0.300. The Morgan fingerprint density at radius 2 is 1.87 bits per heavy atom. The number of benzene rings is 2. The lowest BCUT2D eigenvalue weighted by atomic mass is 10.3. The Morgan fingerprint density at radius 3 is 2.61 bits per heavy atom. The minimum Gasteiger partial charge on any atom is -0.408 e. The first kappa shape index (κ1) is 21.9. The van der Waals surface area contributed by atoms with E-state index in [4.69, 9.17) is 27.6 Å². The van der Waals surface area contributed by atoms with Crippen LogP contribution >= 0.6 is 23.2 Å². The van der Waals surface area contributed by atoms with Gasteiger partial charge in [-0.2, -0.15) is 4.31 Å². The van der Waals surface area contributed by atoms with E-state index in [-0.39, 0.29) is 34.4 Å². The molecule has 0 aliphatic carbocycles. The maximum absolute atomic E-state index is 12.7. The summed E-state index contributed by atoms with van der Waals surface area (Å²) in [5, 5.41) is 3.20. The fourth-order valence-corrected chi connectivity index (χ4v) is 5.40. The Hall–Kier alpha value is -2.33. The van der Waals surface area contributed by atoms with Crippen molar-refractivity contribution in [3.63, 3.8) is 0 Å². The number of rotatable bonds is 6. The standard InChI is InChI=1S/C20H19Cl2N3O5S/c21-14-4-3-5-15(19(14)22)23-18(26)8-11-25-16-7-6-13(12-17(16)30-20(25)27)31(28,29)24-9-1-2-10-24/h3-7,12H,1-2,8-11H2,(H,23,26). The first-order valence-corrected chi connectivity index (χ1v) is 11.8. The average molecular weight is 484 g/mol. The Bertz CT molecular complexity index is 1310. The fourth-order valence-electron chi connectivity index (χ4n) is 3.52. The molecule has 1 aromatic heterocycles.